The van der Waals surface area contributed by atoms with E-state index in [-0.39, 0.29) is 30.8 Å². The monoisotopic (exact) mass is 427 g/mol. The number of benzene rings is 2. The van der Waals surface area contributed by atoms with Gasteiger partial charge in [0.15, 0.2) is 5.58 Å². The van der Waals surface area contributed by atoms with E-state index in [4.69, 9.17) is 4.42 Å². The Morgan fingerprint density at radius 2 is 1.81 bits per heavy atom. The number of rotatable bonds is 8. The summed E-state index contributed by atoms with van der Waals surface area (Å²) in [6, 6.07) is 11.4. The van der Waals surface area contributed by atoms with Crippen molar-refractivity contribution in [2.75, 3.05) is 11.9 Å². The lowest BCUT2D eigenvalue weighted by Crippen LogP contribution is -2.44. The van der Waals surface area contributed by atoms with Crippen molar-refractivity contribution in [3.05, 3.63) is 68.7 Å². The van der Waals surface area contributed by atoms with Crippen LogP contribution in [0.4, 0.5) is 11.4 Å². The van der Waals surface area contributed by atoms with E-state index in [9.17, 15) is 24.5 Å². The van der Waals surface area contributed by atoms with Gasteiger partial charge in [-0.2, -0.15) is 0 Å². The van der Waals surface area contributed by atoms with Gasteiger partial charge in [0, 0.05) is 24.7 Å². The molecule has 0 aliphatic rings. The van der Waals surface area contributed by atoms with E-state index in [1.165, 1.54) is 22.8 Å². The fourth-order valence-corrected chi connectivity index (χ4v) is 2.88. The molecule has 11 heteroatoms. The lowest BCUT2D eigenvalue weighted by atomic mass is 10.2. The second-order valence-corrected chi connectivity index (χ2v) is 6.85. The van der Waals surface area contributed by atoms with Crippen LogP contribution in [0, 0.1) is 17.0 Å². The molecule has 2 amide bonds. The Morgan fingerprint density at radius 1 is 1.10 bits per heavy atom. The summed E-state index contributed by atoms with van der Waals surface area (Å²) in [4.78, 5) is 46.0. The average molecular weight is 427 g/mol. The molecule has 0 fully saturated rings. The first-order chi connectivity index (χ1) is 14.8. The van der Waals surface area contributed by atoms with Crippen LogP contribution in [0.25, 0.3) is 11.1 Å². The normalized spacial score (nSPS) is 10.6. The highest BCUT2D eigenvalue weighted by Crippen LogP contribution is 2.20. The number of oxazole rings is 1. The molecular formula is C20H21N5O6. The van der Waals surface area contributed by atoms with Gasteiger partial charge in [-0.3, -0.25) is 35.1 Å². The number of nitrogens with zero attached hydrogens (tertiary/aromatic N) is 2. The summed E-state index contributed by atoms with van der Waals surface area (Å²) in [7, 11) is 0. The van der Waals surface area contributed by atoms with Crippen LogP contribution in [0.1, 0.15) is 18.4 Å². The number of aryl methyl sites for hydroxylation is 2. The van der Waals surface area contributed by atoms with Crippen LogP contribution >= 0.6 is 0 Å². The van der Waals surface area contributed by atoms with Crippen LogP contribution < -0.4 is 21.9 Å². The zero-order valence-corrected chi connectivity index (χ0v) is 16.7. The van der Waals surface area contributed by atoms with Crippen molar-refractivity contribution in [3.8, 4) is 0 Å². The van der Waals surface area contributed by atoms with E-state index in [0.717, 1.165) is 11.3 Å². The molecule has 3 aromatic rings. The second kappa shape index (κ2) is 9.57. The van der Waals surface area contributed by atoms with E-state index >= 15 is 0 Å². The fourth-order valence-electron chi connectivity index (χ4n) is 2.88. The molecule has 0 saturated carbocycles. The number of anilines is 1. The topological polar surface area (TPSA) is 149 Å². The van der Waals surface area contributed by atoms with Crippen molar-refractivity contribution in [1.82, 2.24) is 15.4 Å². The van der Waals surface area contributed by atoms with Crippen molar-refractivity contribution in [2.24, 2.45) is 0 Å². The summed E-state index contributed by atoms with van der Waals surface area (Å²) >= 11 is 0. The van der Waals surface area contributed by atoms with Crippen LogP contribution in [0.5, 0.6) is 0 Å². The zero-order valence-electron chi connectivity index (χ0n) is 16.7. The number of nitro benzene ring substituents is 1. The van der Waals surface area contributed by atoms with E-state index in [1.807, 2.05) is 31.2 Å². The predicted molar refractivity (Wildman–Crippen MR) is 112 cm³/mol. The number of hydrogen-bond acceptors (Lipinski definition) is 7. The highest BCUT2D eigenvalue weighted by atomic mass is 16.6. The van der Waals surface area contributed by atoms with Gasteiger partial charge in [0.1, 0.15) is 0 Å². The first kappa shape index (κ1) is 21.6. The molecule has 1 heterocycles. The van der Waals surface area contributed by atoms with E-state index in [2.05, 4.69) is 16.2 Å². The number of fused-ring (bicyclic) bond motifs is 1. The van der Waals surface area contributed by atoms with Gasteiger partial charge < -0.3 is 9.73 Å². The van der Waals surface area contributed by atoms with Gasteiger partial charge in [-0.15, -0.1) is 0 Å². The smallest absolute Gasteiger partial charge is 0.407 e. The number of carbonyl (C=O) groups excluding carboxylic acids is 2. The maximum Gasteiger partial charge on any atom is 0.419 e. The molecule has 0 bridgehead atoms. The maximum atomic E-state index is 12.0. The largest absolute Gasteiger partial charge is 0.419 e. The molecule has 0 radical (unpaired) electrons. The number of amides is 2. The molecular weight excluding hydrogens is 406 g/mol. The summed E-state index contributed by atoms with van der Waals surface area (Å²) in [5.74, 6) is -1.49. The molecule has 0 aliphatic heterocycles. The van der Waals surface area contributed by atoms with Crippen LogP contribution in [-0.4, -0.2) is 27.8 Å². The minimum atomic E-state index is -0.661. The van der Waals surface area contributed by atoms with Crippen LogP contribution in [-0.2, 0) is 16.1 Å². The molecule has 3 rings (SSSR count). The standard InChI is InChI=1S/C20H21N5O6/c1-13-4-6-14(7-5-13)21-12-19(27)23-22-18(26)3-2-10-24-16-9-8-15(25(29)30)11-17(16)31-20(24)28/h4-9,11,21H,2-3,10,12H2,1H3,(H,22,26)(H,23,27). The lowest BCUT2D eigenvalue weighted by molar-refractivity contribution is -0.384. The molecule has 0 unspecified atom stereocenters. The third kappa shape index (κ3) is 5.69. The molecule has 0 aliphatic carbocycles. The Balaban J connectivity index is 1.43. The number of carbonyl (C=O) groups is 2. The molecule has 0 spiro atoms. The number of nitro groups is 1. The number of hydrogen-bond donors (Lipinski definition) is 3. The molecule has 11 nitrogen and oxygen atoms in total. The number of aromatic nitrogens is 1. The predicted octanol–water partition coefficient (Wildman–Crippen LogP) is 1.85. The van der Waals surface area contributed by atoms with Gasteiger partial charge in [-0.1, -0.05) is 17.7 Å². The van der Waals surface area contributed by atoms with Crippen molar-refractivity contribution in [3.63, 3.8) is 0 Å². The van der Waals surface area contributed by atoms with Gasteiger partial charge in [0.05, 0.1) is 23.1 Å². The Kier molecular flexibility index (Phi) is 6.65. The second-order valence-electron chi connectivity index (χ2n) is 6.85. The maximum absolute atomic E-state index is 12.0. The lowest BCUT2D eigenvalue weighted by Gasteiger charge is -2.09. The molecule has 0 atom stereocenters. The Morgan fingerprint density at radius 3 is 2.52 bits per heavy atom. The highest BCUT2D eigenvalue weighted by molar-refractivity contribution is 5.84. The molecule has 0 saturated heterocycles. The van der Waals surface area contributed by atoms with E-state index < -0.39 is 22.5 Å². The van der Waals surface area contributed by atoms with Gasteiger partial charge >= 0.3 is 5.76 Å². The van der Waals surface area contributed by atoms with E-state index in [1.54, 1.807) is 0 Å². The third-order valence-electron chi connectivity index (χ3n) is 4.49. The van der Waals surface area contributed by atoms with Crippen LogP contribution in [0.3, 0.4) is 0 Å². The quantitative estimate of drug-likeness (QED) is 0.367. The first-order valence-electron chi connectivity index (χ1n) is 9.49. The number of non-ortho nitro benzene ring substituents is 1. The van der Waals surface area contributed by atoms with Crippen molar-refractivity contribution in [2.45, 2.75) is 26.3 Å². The summed E-state index contributed by atoms with van der Waals surface area (Å²) < 4.78 is 6.34. The van der Waals surface area contributed by atoms with Gasteiger partial charge in [0.2, 0.25) is 5.91 Å². The Labute approximate surface area is 176 Å². The van der Waals surface area contributed by atoms with E-state index in [0.29, 0.717) is 11.9 Å². The highest BCUT2D eigenvalue weighted by Gasteiger charge is 2.14. The SMILES string of the molecule is Cc1ccc(NCC(=O)NNC(=O)CCCn2c(=O)oc3cc([N+](=O)[O-])ccc32)cc1. The summed E-state index contributed by atoms with van der Waals surface area (Å²) in [5, 5.41) is 13.8. The summed E-state index contributed by atoms with van der Waals surface area (Å²) in [6.45, 7) is 2.13. The fraction of sp³-hybridized carbons (Fsp3) is 0.250. The van der Waals surface area contributed by atoms with Crippen LogP contribution in [0.2, 0.25) is 0 Å². The Bertz CT molecular complexity index is 1170. The molecule has 162 valence electrons. The summed E-state index contributed by atoms with van der Waals surface area (Å²) in [5.41, 5.74) is 6.86. The minimum absolute atomic E-state index is 0.00806. The summed E-state index contributed by atoms with van der Waals surface area (Å²) in [6.07, 6.45) is 0.354. The number of hydrazine groups is 1. The third-order valence-corrected chi connectivity index (χ3v) is 4.49. The average Bonchev–Trinajstić information content (AvgIpc) is 3.06. The Hall–Kier alpha value is -4.15. The number of nitrogens with one attached hydrogen (secondary N) is 3. The minimum Gasteiger partial charge on any atom is -0.407 e. The zero-order chi connectivity index (χ0) is 22.4. The van der Waals surface area contributed by atoms with Crippen molar-refractivity contribution >= 4 is 34.3 Å². The molecule has 1 aromatic heterocycles. The van der Waals surface area contributed by atoms with Gasteiger partial charge in [-0.25, -0.2) is 4.79 Å². The molecule has 2 aromatic carbocycles. The molecule has 31 heavy (non-hydrogen) atoms. The van der Waals surface area contributed by atoms with Gasteiger partial charge in [-0.05, 0) is 31.5 Å². The molecule has 3 N–H and O–H groups in total. The van der Waals surface area contributed by atoms with Crippen LogP contribution in [0.15, 0.2) is 51.7 Å². The van der Waals surface area contributed by atoms with Crippen molar-refractivity contribution in [1.29, 1.82) is 0 Å². The first-order valence-corrected chi connectivity index (χ1v) is 9.49. The van der Waals surface area contributed by atoms with Crippen molar-refractivity contribution < 1.29 is 18.9 Å². The van der Waals surface area contributed by atoms with Gasteiger partial charge in [0.25, 0.3) is 11.6 Å².